The molecule has 4 aromatic rings. The summed E-state index contributed by atoms with van der Waals surface area (Å²) in [5.41, 5.74) is 2.34. The number of anilines is 1. The van der Waals surface area contributed by atoms with Crippen molar-refractivity contribution in [1.29, 1.82) is 0 Å². The fourth-order valence-electron chi connectivity index (χ4n) is 3.26. The molecule has 2 aromatic carbocycles. The van der Waals surface area contributed by atoms with Gasteiger partial charge in [0.1, 0.15) is 4.83 Å². The Morgan fingerprint density at radius 1 is 1.10 bits per heavy atom. The fraction of sp³-hybridized carbons (Fsp3) is 0.130. The predicted molar refractivity (Wildman–Crippen MR) is 120 cm³/mol. The molecule has 2 aromatic heterocycles. The number of nitrogens with zero attached hydrogens (tertiary/aromatic N) is 2. The highest BCUT2D eigenvalue weighted by Gasteiger charge is 2.20. The summed E-state index contributed by atoms with van der Waals surface area (Å²) in [6, 6.07) is 16.0. The van der Waals surface area contributed by atoms with Crippen LogP contribution >= 0.6 is 11.3 Å². The van der Waals surface area contributed by atoms with E-state index >= 15 is 0 Å². The molecule has 0 atom stereocenters. The third kappa shape index (κ3) is 4.10. The van der Waals surface area contributed by atoms with Gasteiger partial charge in [-0.15, -0.1) is 11.3 Å². The number of aryl methyl sites for hydroxylation is 1. The SMILES string of the molecule is COC(=O)c1ccc(NC(=O)c2sc3ncn(Cc4ccccc4)c(=O)c3c2C)cc1. The van der Waals surface area contributed by atoms with Crippen LogP contribution in [0.15, 0.2) is 65.7 Å². The molecule has 8 heteroatoms. The van der Waals surface area contributed by atoms with Crippen LogP contribution in [0.4, 0.5) is 5.69 Å². The van der Waals surface area contributed by atoms with Crippen molar-refractivity contribution in [1.82, 2.24) is 9.55 Å². The quantitative estimate of drug-likeness (QED) is 0.483. The lowest BCUT2D eigenvalue weighted by Crippen LogP contribution is -2.21. The first-order valence-corrected chi connectivity index (χ1v) is 10.3. The second-order valence-electron chi connectivity index (χ2n) is 6.92. The van der Waals surface area contributed by atoms with E-state index in [1.54, 1.807) is 35.8 Å². The van der Waals surface area contributed by atoms with Gasteiger partial charge in [0.15, 0.2) is 0 Å². The first-order valence-electron chi connectivity index (χ1n) is 9.50. The average Bonchev–Trinajstić information content (AvgIpc) is 3.13. The van der Waals surface area contributed by atoms with Crippen LogP contribution in [0.5, 0.6) is 0 Å². The van der Waals surface area contributed by atoms with Crippen molar-refractivity contribution in [2.24, 2.45) is 0 Å². The number of rotatable bonds is 5. The summed E-state index contributed by atoms with van der Waals surface area (Å²) in [6.45, 7) is 2.16. The number of methoxy groups -OCH3 is 1. The summed E-state index contributed by atoms with van der Waals surface area (Å²) >= 11 is 1.18. The fourth-order valence-corrected chi connectivity index (χ4v) is 4.30. The molecule has 1 amide bonds. The molecule has 31 heavy (non-hydrogen) atoms. The third-order valence-electron chi connectivity index (χ3n) is 4.88. The number of thiophene rings is 1. The number of benzene rings is 2. The van der Waals surface area contributed by atoms with Crippen molar-refractivity contribution in [3.05, 3.63) is 92.8 Å². The molecule has 0 spiro atoms. The molecule has 4 rings (SSSR count). The normalized spacial score (nSPS) is 10.8. The number of carbonyl (C=O) groups is 2. The van der Waals surface area contributed by atoms with Gasteiger partial charge in [0, 0.05) is 5.69 Å². The predicted octanol–water partition coefficient (Wildman–Crippen LogP) is 3.85. The summed E-state index contributed by atoms with van der Waals surface area (Å²) in [6.07, 6.45) is 1.51. The maximum absolute atomic E-state index is 13.0. The van der Waals surface area contributed by atoms with E-state index in [2.05, 4.69) is 15.0 Å². The van der Waals surface area contributed by atoms with E-state index in [4.69, 9.17) is 0 Å². The van der Waals surface area contributed by atoms with Gasteiger partial charge in [-0.25, -0.2) is 9.78 Å². The lowest BCUT2D eigenvalue weighted by atomic mass is 10.2. The molecule has 0 saturated carbocycles. The van der Waals surface area contributed by atoms with Crippen LogP contribution in [0.3, 0.4) is 0 Å². The Balaban J connectivity index is 1.61. The van der Waals surface area contributed by atoms with Gasteiger partial charge < -0.3 is 10.1 Å². The standard InChI is InChI=1S/C23H19N3O4S/c1-14-18-21(24-13-26(22(18)28)12-15-6-4-3-5-7-15)31-19(14)20(27)25-17-10-8-16(9-11-17)23(29)30-2/h3-11,13H,12H2,1-2H3,(H,25,27). The minimum atomic E-state index is -0.448. The Morgan fingerprint density at radius 2 is 1.81 bits per heavy atom. The lowest BCUT2D eigenvalue weighted by molar-refractivity contribution is 0.0600. The maximum Gasteiger partial charge on any atom is 0.337 e. The molecule has 0 aliphatic rings. The highest BCUT2D eigenvalue weighted by molar-refractivity contribution is 7.20. The second kappa shape index (κ2) is 8.53. The molecule has 0 radical (unpaired) electrons. The molecule has 156 valence electrons. The van der Waals surface area contributed by atoms with Crippen molar-refractivity contribution in [2.45, 2.75) is 13.5 Å². The molecule has 0 unspecified atom stereocenters. The van der Waals surface area contributed by atoms with Gasteiger partial charge >= 0.3 is 5.97 Å². The number of hydrogen-bond acceptors (Lipinski definition) is 6. The minimum absolute atomic E-state index is 0.177. The summed E-state index contributed by atoms with van der Waals surface area (Å²) in [4.78, 5) is 42.8. The molecule has 0 aliphatic carbocycles. The second-order valence-corrected chi connectivity index (χ2v) is 7.92. The average molecular weight is 433 g/mol. The molecule has 0 aliphatic heterocycles. The van der Waals surface area contributed by atoms with Crippen molar-refractivity contribution in [2.75, 3.05) is 12.4 Å². The summed E-state index contributed by atoms with van der Waals surface area (Å²) < 4.78 is 6.22. The zero-order valence-corrected chi connectivity index (χ0v) is 17.7. The van der Waals surface area contributed by atoms with Gasteiger partial charge in [-0.3, -0.25) is 14.2 Å². The van der Waals surface area contributed by atoms with Crippen LogP contribution in [0.2, 0.25) is 0 Å². The van der Waals surface area contributed by atoms with Crippen molar-refractivity contribution in [3.8, 4) is 0 Å². The summed E-state index contributed by atoms with van der Waals surface area (Å²) in [5.74, 6) is -0.781. The van der Waals surface area contributed by atoms with Crippen molar-refractivity contribution < 1.29 is 14.3 Å². The van der Waals surface area contributed by atoms with Crippen LogP contribution in [-0.2, 0) is 11.3 Å². The molecule has 0 fully saturated rings. The monoisotopic (exact) mass is 433 g/mol. The number of fused-ring (bicyclic) bond motifs is 1. The van der Waals surface area contributed by atoms with Crippen molar-refractivity contribution in [3.63, 3.8) is 0 Å². The molecular weight excluding hydrogens is 414 g/mol. The minimum Gasteiger partial charge on any atom is -0.465 e. The summed E-state index contributed by atoms with van der Waals surface area (Å²) in [7, 11) is 1.31. The molecular formula is C23H19N3O4S. The van der Waals surface area contributed by atoms with Gasteiger partial charge in [-0.1, -0.05) is 30.3 Å². The van der Waals surface area contributed by atoms with E-state index in [1.807, 2.05) is 30.3 Å². The van der Waals surface area contributed by atoms with E-state index in [9.17, 15) is 14.4 Å². The molecule has 0 bridgehead atoms. The number of hydrogen-bond donors (Lipinski definition) is 1. The van der Waals surface area contributed by atoms with Gasteiger partial charge in [-0.05, 0) is 42.3 Å². The van der Waals surface area contributed by atoms with Gasteiger partial charge in [0.2, 0.25) is 0 Å². The first kappa shape index (κ1) is 20.5. The zero-order chi connectivity index (χ0) is 22.0. The Labute approximate surface area is 181 Å². The van der Waals surface area contributed by atoms with Gasteiger partial charge in [-0.2, -0.15) is 0 Å². The van der Waals surface area contributed by atoms with E-state index in [0.29, 0.717) is 38.5 Å². The van der Waals surface area contributed by atoms with E-state index in [0.717, 1.165) is 5.56 Å². The molecule has 1 N–H and O–H groups in total. The smallest absolute Gasteiger partial charge is 0.337 e. The molecule has 2 heterocycles. The van der Waals surface area contributed by atoms with Crippen LogP contribution in [-0.4, -0.2) is 28.5 Å². The van der Waals surface area contributed by atoms with Gasteiger partial charge in [0.25, 0.3) is 11.5 Å². The van der Waals surface area contributed by atoms with Crippen LogP contribution < -0.4 is 10.9 Å². The van der Waals surface area contributed by atoms with E-state index < -0.39 is 5.97 Å². The number of esters is 1. The van der Waals surface area contributed by atoms with Crippen LogP contribution in [0, 0.1) is 6.92 Å². The van der Waals surface area contributed by atoms with E-state index in [-0.39, 0.29) is 11.5 Å². The maximum atomic E-state index is 13.0. The number of nitrogens with one attached hydrogen (secondary N) is 1. The molecule has 7 nitrogen and oxygen atoms in total. The number of aromatic nitrogens is 2. The van der Waals surface area contributed by atoms with E-state index in [1.165, 1.54) is 24.8 Å². The Kier molecular flexibility index (Phi) is 5.64. The third-order valence-corrected chi connectivity index (χ3v) is 6.08. The Morgan fingerprint density at radius 3 is 2.48 bits per heavy atom. The van der Waals surface area contributed by atoms with Crippen LogP contribution in [0.1, 0.15) is 31.2 Å². The largest absolute Gasteiger partial charge is 0.465 e. The zero-order valence-electron chi connectivity index (χ0n) is 16.9. The van der Waals surface area contributed by atoms with Crippen molar-refractivity contribution >= 4 is 39.1 Å². The van der Waals surface area contributed by atoms with Crippen LogP contribution in [0.25, 0.3) is 10.2 Å². The topological polar surface area (TPSA) is 90.3 Å². The van der Waals surface area contributed by atoms with Gasteiger partial charge in [0.05, 0.1) is 35.8 Å². The molecule has 0 saturated heterocycles. The lowest BCUT2D eigenvalue weighted by Gasteiger charge is -2.06. The number of amides is 1. The first-order chi connectivity index (χ1) is 15.0. The highest BCUT2D eigenvalue weighted by atomic mass is 32.1. The summed E-state index contributed by atoms with van der Waals surface area (Å²) in [5, 5.41) is 3.25. The Bertz CT molecular complexity index is 1320. The number of carbonyl (C=O) groups excluding carboxylic acids is 2. The number of ether oxygens (including phenoxy) is 1. The Hall–Kier alpha value is -3.78. The highest BCUT2D eigenvalue weighted by Crippen LogP contribution is 2.27.